The molecule has 0 aromatic rings. The van der Waals surface area contributed by atoms with Crippen molar-refractivity contribution in [2.45, 2.75) is 65.2 Å². The minimum absolute atomic E-state index is 0.358. The zero-order valence-corrected chi connectivity index (χ0v) is 9.88. The van der Waals surface area contributed by atoms with Gasteiger partial charge in [0.1, 0.15) is 0 Å². The van der Waals surface area contributed by atoms with Gasteiger partial charge in [0.25, 0.3) is 0 Å². The molecular formula is C12H22O3. The molecule has 0 aliphatic heterocycles. The van der Waals surface area contributed by atoms with Gasteiger partial charge in [-0.15, -0.1) is 0 Å². The Morgan fingerprint density at radius 3 is 1.87 bits per heavy atom. The maximum absolute atomic E-state index is 11.1. The van der Waals surface area contributed by atoms with Crippen LogP contribution < -0.4 is 0 Å². The first-order chi connectivity index (χ1) is 7.20. The van der Waals surface area contributed by atoms with Crippen molar-refractivity contribution in [3.63, 3.8) is 0 Å². The maximum atomic E-state index is 11.1. The lowest BCUT2D eigenvalue weighted by Crippen LogP contribution is -2.11. The number of unbranched alkanes of at least 4 members (excludes halogenated alkanes) is 4. The van der Waals surface area contributed by atoms with E-state index in [1.807, 2.05) is 6.92 Å². The van der Waals surface area contributed by atoms with E-state index in [1.54, 1.807) is 0 Å². The van der Waals surface area contributed by atoms with Crippen LogP contribution in [0.3, 0.4) is 0 Å². The van der Waals surface area contributed by atoms with E-state index in [9.17, 15) is 9.59 Å². The van der Waals surface area contributed by atoms with Crippen LogP contribution in [0.1, 0.15) is 65.2 Å². The lowest BCUT2D eigenvalue weighted by molar-refractivity contribution is -0.159. The summed E-state index contributed by atoms with van der Waals surface area (Å²) in [4.78, 5) is 22.2. The van der Waals surface area contributed by atoms with Crippen molar-refractivity contribution in [1.82, 2.24) is 0 Å². The Morgan fingerprint density at radius 2 is 1.33 bits per heavy atom. The van der Waals surface area contributed by atoms with Crippen molar-refractivity contribution in [2.75, 3.05) is 0 Å². The first-order valence-electron chi connectivity index (χ1n) is 5.94. The number of ether oxygens (including phenoxy) is 1. The Labute approximate surface area is 92.2 Å². The molecule has 0 unspecified atom stereocenters. The Balaban J connectivity index is 3.43. The standard InChI is InChI=1S/C12H22O3/c1-3-5-7-8-10-12(14)15-11(13)9-6-4-2/h3-10H2,1-2H3. The minimum Gasteiger partial charge on any atom is -0.393 e. The molecule has 0 atom stereocenters. The quantitative estimate of drug-likeness (QED) is 0.354. The SMILES string of the molecule is CCCCCCC(=O)OC(=O)CCCC. The number of carbonyl (C=O) groups is 2. The van der Waals surface area contributed by atoms with Gasteiger partial charge >= 0.3 is 11.9 Å². The van der Waals surface area contributed by atoms with Gasteiger partial charge in [-0.1, -0.05) is 39.5 Å². The predicted molar refractivity (Wildman–Crippen MR) is 59.4 cm³/mol. The third-order valence-corrected chi connectivity index (χ3v) is 2.20. The molecule has 3 nitrogen and oxygen atoms in total. The Hall–Kier alpha value is -0.860. The number of hydrogen-bond donors (Lipinski definition) is 0. The second kappa shape index (κ2) is 9.69. The fraction of sp³-hybridized carbons (Fsp3) is 0.833. The second-order valence-electron chi connectivity index (χ2n) is 3.76. The molecule has 0 amide bonds. The largest absolute Gasteiger partial charge is 0.393 e. The molecule has 0 aromatic carbocycles. The van der Waals surface area contributed by atoms with Crippen LogP contribution in [0.25, 0.3) is 0 Å². The van der Waals surface area contributed by atoms with E-state index < -0.39 is 0 Å². The van der Waals surface area contributed by atoms with Crippen molar-refractivity contribution in [2.24, 2.45) is 0 Å². The fourth-order valence-corrected chi connectivity index (χ4v) is 1.25. The molecular weight excluding hydrogens is 192 g/mol. The van der Waals surface area contributed by atoms with Crippen molar-refractivity contribution in [3.8, 4) is 0 Å². The summed E-state index contributed by atoms with van der Waals surface area (Å²) in [6.45, 7) is 4.12. The molecule has 0 bridgehead atoms. The van der Waals surface area contributed by atoms with Crippen LogP contribution in [0.15, 0.2) is 0 Å². The van der Waals surface area contributed by atoms with Crippen LogP contribution in [0.5, 0.6) is 0 Å². The number of carbonyl (C=O) groups excluding carboxylic acids is 2. The highest BCUT2D eigenvalue weighted by atomic mass is 16.6. The molecule has 0 rings (SSSR count). The lowest BCUT2D eigenvalue weighted by atomic mass is 10.1. The summed E-state index contributed by atoms with van der Waals surface area (Å²) in [6.07, 6.45) is 6.61. The fourth-order valence-electron chi connectivity index (χ4n) is 1.25. The molecule has 0 saturated carbocycles. The van der Waals surface area contributed by atoms with Gasteiger partial charge in [0, 0.05) is 12.8 Å². The van der Waals surface area contributed by atoms with E-state index in [0.29, 0.717) is 12.8 Å². The van der Waals surface area contributed by atoms with Gasteiger partial charge in [-0.25, -0.2) is 0 Å². The normalized spacial score (nSPS) is 10.0. The molecule has 0 heterocycles. The first-order valence-corrected chi connectivity index (χ1v) is 5.94. The van der Waals surface area contributed by atoms with Crippen molar-refractivity contribution in [1.29, 1.82) is 0 Å². The Morgan fingerprint density at radius 1 is 0.800 bits per heavy atom. The van der Waals surface area contributed by atoms with Gasteiger partial charge in [0.2, 0.25) is 0 Å². The van der Waals surface area contributed by atoms with Gasteiger partial charge in [-0.05, 0) is 12.8 Å². The average Bonchev–Trinajstić information content (AvgIpc) is 2.21. The lowest BCUT2D eigenvalue weighted by Gasteiger charge is -2.02. The highest BCUT2D eigenvalue weighted by Gasteiger charge is 2.08. The van der Waals surface area contributed by atoms with Crippen molar-refractivity contribution in [3.05, 3.63) is 0 Å². The molecule has 0 aliphatic carbocycles. The van der Waals surface area contributed by atoms with Crippen LogP contribution in [-0.2, 0) is 14.3 Å². The highest BCUT2D eigenvalue weighted by Crippen LogP contribution is 2.04. The van der Waals surface area contributed by atoms with E-state index in [2.05, 4.69) is 11.7 Å². The van der Waals surface area contributed by atoms with Crippen molar-refractivity contribution >= 4 is 11.9 Å². The highest BCUT2D eigenvalue weighted by molar-refractivity contribution is 5.85. The van der Waals surface area contributed by atoms with Crippen LogP contribution in [0.2, 0.25) is 0 Å². The monoisotopic (exact) mass is 214 g/mol. The molecule has 0 fully saturated rings. The van der Waals surface area contributed by atoms with Crippen LogP contribution in [-0.4, -0.2) is 11.9 Å². The predicted octanol–water partition coefficient (Wildman–Crippen LogP) is 3.22. The second-order valence-corrected chi connectivity index (χ2v) is 3.76. The smallest absolute Gasteiger partial charge is 0.313 e. The third-order valence-electron chi connectivity index (χ3n) is 2.20. The summed E-state index contributed by atoms with van der Waals surface area (Å²) >= 11 is 0. The topological polar surface area (TPSA) is 43.4 Å². The van der Waals surface area contributed by atoms with E-state index in [0.717, 1.165) is 38.5 Å². The van der Waals surface area contributed by atoms with Gasteiger partial charge in [0.05, 0.1) is 0 Å². The Bertz CT molecular complexity index is 187. The Kier molecular flexibility index (Phi) is 9.13. The van der Waals surface area contributed by atoms with Gasteiger partial charge in [0.15, 0.2) is 0 Å². The van der Waals surface area contributed by atoms with Crippen molar-refractivity contribution < 1.29 is 14.3 Å². The molecule has 0 aromatic heterocycles. The van der Waals surface area contributed by atoms with E-state index in [1.165, 1.54) is 0 Å². The summed E-state index contributed by atoms with van der Waals surface area (Å²) in [5.41, 5.74) is 0. The third kappa shape index (κ3) is 9.44. The molecule has 3 heteroatoms. The maximum Gasteiger partial charge on any atom is 0.313 e. The molecule has 0 spiro atoms. The van der Waals surface area contributed by atoms with Gasteiger partial charge < -0.3 is 4.74 Å². The minimum atomic E-state index is -0.377. The average molecular weight is 214 g/mol. The van der Waals surface area contributed by atoms with Crippen LogP contribution >= 0.6 is 0 Å². The summed E-state index contributed by atoms with van der Waals surface area (Å²) in [5.74, 6) is -0.746. The molecule has 0 N–H and O–H groups in total. The van der Waals surface area contributed by atoms with E-state index in [-0.39, 0.29) is 11.9 Å². The molecule has 0 aliphatic rings. The zero-order valence-electron chi connectivity index (χ0n) is 9.88. The van der Waals surface area contributed by atoms with Crippen LogP contribution in [0, 0.1) is 0 Å². The molecule has 15 heavy (non-hydrogen) atoms. The van der Waals surface area contributed by atoms with Gasteiger partial charge in [-0.2, -0.15) is 0 Å². The summed E-state index contributed by atoms with van der Waals surface area (Å²) in [5, 5.41) is 0. The first kappa shape index (κ1) is 14.1. The van der Waals surface area contributed by atoms with E-state index in [4.69, 9.17) is 0 Å². The number of esters is 2. The number of hydrogen-bond acceptors (Lipinski definition) is 3. The molecule has 88 valence electrons. The van der Waals surface area contributed by atoms with Gasteiger partial charge in [-0.3, -0.25) is 9.59 Å². The number of rotatable bonds is 8. The summed E-state index contributed by atoms with van der Waals surface area (Å²) < 4.78 is 4.65. The summed E-state index contributed by atoms with van der Waals surface area (Å²) in [6, 6.07) is 0. The summed E-state index contributed by atoms with van der Waals surface area (Å²) in [7, 11) is 0. The molecule has 0 radical (unpaired) electrons. The zero-order chi connectivity index (χ0) is 11.5. The molecule has 0 saturated heterocycles. The van der Waals surface area contributed by atoms with E-state index >= 15 is 0 Å². The van der Waals surface area contributed by atoms with Crippen LogP contribution in [0.4, 0.5) is 0 Å².